The predicted octanol–water partition coefficient (Wildman–Crippen LogP) is 11.8. The zero-order valence-electron chi connectivity index (χ0n) is 24.9. The van der Waals surface area contributed by atoms with E-state index in [1.165, 1.54) is 82.7 Å². The first kappa shape index (κ1) is 24.4. The van der Waals surface area contributed by atoms with E-state index in [2.05, 4.69) is 158 Å². The first-order valence-electron chi connectivity index (χ1n) is 16.0. The fourth-order valence-corrected chi connectivity index (χ4v) is 8.92. The number of ether oxygens (including phenoxy) is 1. The average Bonchev–Trinajstić information content (AvgIpc) is 3.59. The van der Waals surface area contributed by atoms with Gasteiger partial charge in [0.25, 0.3) is 0 Å². The first-order valence-corrected chi connectivity index (χ1v) is 16.0. The van der Waals surface area contributed by atoms with Gasteiger partial charge in [-0.25, -0.2) is 0 Å². The van der Waals surface area contributed by atoms with E-state index in [9.17, 15) is 0 Å². The Balaban J connectivity index is 1.22. The SMILES string of the molecule is c1ccc2c(c1)-c1ccccc1C21c2ccccc2-c2c(-c3ccc4c5c(cccc35)-c3cc5ccccc5cc3O4)cccc21. The van der Waals surface area contributed by atoms with E-state index >= 15 is 0 Å². The summed E-state index contributed by atoms with van der Waals surface area (Å²) < 4.78 is 6.65. The van der Waals surface area contributed by atoms with Crippen molar-refractivity contribution in [2.75, 3.05) is 0 Å². The van der Waals surface area contributed by atoms with Gasteiger partial charge < -0.3 is 4.74 Å². The molecule has 1 nitrogen and oxygen atoms in total. The summed E-state index contributed by atoms with van der Waals surface area (Å²) in [4.78, 5) is 0. The number of fused-ring (bicyclic) bond motifs is 13. The van der Waals surface area contributed by atoms with Gasteiger partial charge in [0.2, 0.25) is 0 Å². The van der Waals surface area contributed by atoms with Crippen molar-refractivity contribution in [2.24, 2.45) is 0 Å². The standard InChI is InChI=1S/C45H26O/c1-2-12-28-26-42-36(25-27(28)11-1)34-17-9-16-33-29(23-24-41(46-42)44(33)34)32-18-10-22-40-43(32)35-15-5-8-21-39(35)45(40)37-19-6-3-13-30(37)31-14-4-7-20-38(31)45/h1-26H. The molecule has 1 spiro atoms. The molecule has 3 aliphatic rings. The Morgan fingerprint density at radius 1 is 0.348 bits per heavy atom. The molecule has 0 saturated heterocycles. The second-order valence-electron chi connectivity index (χ2n) is 12.8. The van der Waals surface area contributed by atoms with Gasteiger partial charge in [-0.15, -0.1) is 0 Å². The highest BCUT2D eigenvalue weighted by molar-refractivity contribution is 6.13. The lowest BCUT2D eigenvalue weighted by Gasteiger charge is -2.30. The van der Waals surface area contributed by atoms with Crippen LogP contribution in [-0.4, -0.2) is 0 Å². The molecule has 8 aromatic rings. The van der Waals surface area contributed by atoms with Crippen LogP contribution in [0.3, 0.4) is 0 Å². The summed E-state index contributed by atoms with van der Waals surface area (Å²) >= 11 is 0. The number of benzene rings is 8. The van der Waals surface area contributed by atoms with Crippen LogP contribution in [0.1, 0.15) is 22.3 Å². The van der Waals surface area contributed by atoms with Gasteiger partial charge in [0.15, 0.2) is 0 Å². The Morgan fingerprint density at radius 3 is 1.67 bits per heavy atom. The molecule has 11 rings (SSSR count). The fraction of sp³-hybridized carbons (Fsp3) is 0.0222. The molecule has 1 heterocycles. The van der Waals surface area contributed by atoms with E-state index in [0.717, 1.165) is 17.1 Å². The predicted molar refractivity (Wildman–Crippen MR) is 189 cm³/mol. The van der Waals surface area contributed by atoms with E-state index < -0.39 is 0 Å². The normalized spacial score (nSPS) is 14.0. The van der Waals surface area contributed by atoms with Gasteiger partial charge in [-0.1, -0.05) is 140 Å². The van der Waals surface area contributed by atoms with E-state index in [1.807, 2.05) is 0 Å². The van der Waals surface area contributed by atoms with Gasteiger partial charge in [-0.3, -0.25) is 0 Å². The second kappa shape index (κ2) is 8.62. The van der Waals surface area contributed by atoms with Crippen molar-refractivity contribution >= 4 is 21.5 Å². The fourth-order valence-electron chi connectivity index (χ4n) is 8.92. The molecule has 0 atom stereocenters. The number of rotatable bonds is 1. The van der Waals surface area contributed by atoms with Gasteiger partial charge in [0.1, 0.15) is 11.5 Å². The third-order valence-corrected chi connectivity index (χ3v) is 10.7. The summed E-state index contributed by atoms with van der Waals surface area (Å²) in [6.07, 6.45) is 0. The largest absolute Gasteiger partial charge is 0.456 e. The number of hydrogen-bond donors (Lipinski definition) is 0. The molecule has 0 unspecified atom stereocenters. The molecule has 212 valence electrons. The van der Waals surface area contributed by atoms with Crippen LogP contribution < -0.4 is 4.74 Å². The summed E-state index contributed by atoms with van der Waals surface area (Å²) in [5.41, 5.74) is 15.3. The van der Waals surface area contributed by atoms with Crippen LogP contribution in [0.2, 0.25) is 0 Å². The highest BCUT2D eigenvalue weighted by Gasteiger charge is 2.52. The monoisotopic (exact) mass is 582 g/mol. The molecule has 8 aromatic carbocycles. The Labute approximate surface area is 267 Å². The lowest BCUT2D eigenvalue weighted by atomic mass is 9.70. The van der Waals surface area contributed by atoms with Crippen LogP contribution in [-0.2, 0) is 5.41 Å². The van der Waals surface area contributed by atoms with Crippen LogP contribution in [0.5, 0.6) is 11.5 Å². The van der Waals surface area contributed by atoms with E-state index in [-0.39, 0.29) is 5.41 Å². The van der Waals surface area contributed by atoms with Crippen LogP contribution in [0.25, 0.3) is 66.1 Å². The molecule has 46 heavy (non-hydrogen) atoms. The maximum absolute atomic E-state index is 6.65. The quantitative estimate of drug-likeness (QED) is 0.187. The minimum absolute atomic E-state index is 0.357. The van der Waals surface area contributed by atoms with Crippen molar-refractivity contribution < 1.29 is 4.74 Å². The highest BCUT2D eigenvalue weighted by atomic mass is 16.5. The lowest BCUT2D eigenvalue weighted by molar-refractivity contribution is 0.488. The van der Waals surface area contributed by atoms with Gasteiger partial charge in [0, 0.05) is 10.9 Å². The van der Waals surface area contributed by atoms with Crippen LogP contribution in [0, 0.1) is 0 Å². The molecule has 0 amide bonds. The maximum atomic E-state index is 6.65. The molecule has 0 N–H and O–H groups in total. The maximum Gasteiger partial charge on any atom is 0.135 e. The van der Waals surface area contributed by atoms with Crippen molar-refractivity contribution in [3.8, 4) is 56.0 Å². The second-order valence-corrected chi connectivity index (χ2v) is 12.8. The molecule has 1 heteroatoms. The molecule has 0 saturated carbocycles. The minimum Gasteiger partial charge on any atom is -0.456 e. The molecule has 0 aromatic heterocycles. The Hall–Kier alpha value is -5.92. The van der Waals surface area contributed by atoms with Crippen LogP contribution in [0.15, 0.2) is 158 Å². The Bertz CT molecular complexity index is 2580. The summed E-state index contributed by atoms with van der Waals surface area (Å²) in [6.45, 7) is 0. The van der Waals surface area contributed by atoms with E-state index in [0.29, 0.717) is 0 Å². The van der Waals surface area contributed by atoms with Gasteiger partial charge in [0.05, 0.1) is 5.41 Å². The zero-order valence-corrected chi connectivity index (χ0v) is 24.9. The minimum atomic E-state index is -0.357. The molecular formula is C45H26O. The molecule has 1 aliphatic heterocycles. The van der Waals surface area contributed by atoms with Crippen molar-refractivity contribution in [3.63, 3.8) is 0 Å². The van der Waals surface area contributed by atoms with Crippen LogP contribution >= 0.6 is 0 Å². The molecule has 0 radical (unpaired) electrons. The first-order chi connectivity index (χ1) is 22.8. The third-order valence-electron chi connectivity index (χ3n) is 10.7. The van der Waals surface area contributed by atoms with Gasteiger partial charge in [-0.2, -0.15) is 0 Å². The topological polar surface area (TPSA) is 9.23 Å². The van der Waals surface area contributed by atoms with Crippen molar-refractivity contribution in [3.05, 3.63) is 180 Å². The van der Waals surface area contributed by atoms with Gasteiger partial charge >= 0.3 is 0 Å². The van der Waals surface area contributed by atoms with Crippen molar-refractivity contribution in [2.45, 2.75) is 5.41 Å². The number of hydrogen-bond acceptors (Lipinski definition) is 1. The smallest absolute Gasteiger partial charge is 0.135 e. The molecular weight excluding hydrogens is 556 g/mol. The highest BCUT2D eigenvalue weighted by Crippen LogP contribution is 2.64. The zero-order chi connectivity index (χ0) is 30.0. The average molecular weight is 583 g/mol. The Kier molecular flexibility index (Phi) is 4.57. The van der Waals surface area contributed by atoms with Gasteiger partial charge in [-0.05, 0) is 95.6 Å². The van der Waals surface area contributed by atoms with Crippen molar-refractivity contribution in [1.82, 2.24) is 0 Å². The summed E-state index contributed by atoms with van der Waals surface area (Å²) in [5.74, 6) is 1.83. The van der Waals surface area contributed by atoms with E-state index in [4.69, 9.17) is 4.74 Å². The third kappa shape index (κ3) is 2.87. The van der Waals surface area contributed by atoms with E-state index in [1.54, 1.807) is 0 Å². The van der Waals surface area contributed by atoms with Crippen LogP contribution in [0.4, 0.5) is 0 Å². The summed E-state index contributed by atoms with van der Waals surface area (Å²) in [5, 5.41) is 4.81. The Morgan fingerprint density at radius 2 is 0.913 bits per heavy atom. The van der Waals surface area contributed by atoms with Crippen molar-refractivity contribution in [1.29, 1.82) is 0 Å². The molecule has 0 bridgehead atoms. The molecule has 2 aliphatic carbocycles. The molecule has 0 fully saturated rings. The lowest BCUT2D eigenvalue weighted by Crippen LogP contribution is -2.25. The summed E-state index contributed by atoms with van der Waals surface area (Å²) in [6, 6.07) is 58.2. The summed E-state index contributed by atoms with van der Waals surface area (Å²) in [7, 11) is 0.